The minimum atomic E-state index is -4.80. The molecule has 24 heavy (non-hydrogen) atoms. The van der Waals surface area contributed by atoms with E-state index in [9.17, 15) is 18.8 Å². The number of anilines is 1. The maximum Gasteiger partial charge on any atom is 0.473 e. The number of hydrogen-bond acceptors (Lipinski definition) is 9. The standard InChI is InChI=1S/C9H13N3O10P2/c10-5-1-2-12(9(13)11-5)8-7-6(21-24(17,18)22-7)4(20-8)3-19-23(14,15)16/h1-2,4,6-8H,3H2,(H,17,18)(H2,10,11,13)(H2,14,15,16). The first-order valence-corrected chi connectivity index (χ1v) is 9.48. The number of rotatable bonds is 4. The lowest BCUT2D eigenvalue weighted by molar-refractivity contribution is -0.0615. The molecule has 1 aromatic heterocycles. The summed E-state index contributed by atoms with van der Waals surface area (Å²) in [5.41, 5.74) is 4.58. The fourth-order valence-electron chi connectivity index (χ4n) is 2.43. The van der Waals surface area contributed by atoms with E-state index in [1.165, 1.54) is 12.3 Å². The number of nitrogens with zero attached hydrogens (tertiary/aromatic N) is 2. The minimum Gasteiger partial charge on any atom is -0.383 e. The van der Waals surface area contributed by atoms with E-state index in [2.05, 4.69) is 9.51 Å². The quantitative estimate of drug-likeness (QED) is 0.449. The molecule has 3 rings (SSSR count). The van der Waals surface area contributed by atoms with Gasteiger partial charge in [-0.3, -0.25) is 18.1 Å². The van der Waals surface area contributed by atoms with Gasteiger partial charge in [-0.2, -0.15) is 4.98 Å². The second kappa shape index (κ2) is 5.99. The van der Waals surface area contributed by atoms with E-state index in [-0.39, 0.29) is 5.82 Å². The van der Waals surface area contributed by atoms with Crippen molar-refractivity contribution < 1.29 is 42.1 Å². The van der Waals surface area contributed by atoms with Gasteiger partial charge in [0.15, 0.2) is 6.23 Å². The minimum absolute atomic E-state index is 0.0383. The first kappa shape index (κ1) is 17.7. The molecule has 0 amide bonds. The summed E-state index contributed by atoms with van der Waals surface area (Å²) in [6.45, 7) is -0.650. The third-order valence-electron chi connectivity index (χ3n) is 3.33. The molecule has 0 aromatic carbocycles. The molecule has 2 aliphatic rings. The van der Waals surface area contributed by atoms with Crippen molar-refractivity contribution in [3.05, 3.63) is 22.7 Å². The van der Waals surface area contributed by atoms with Crippen LogP contribution >= 0.6 is 15.6 Å². The lowest BCUT2D eigenvalue weighted by Gasteiger charge is -2.19. The largest absolute Gasteiger partial charge is 0.473 e. The highest BCUT2D eigenvalue weighted by molar-refractivity contribution is 7.47. The smallest absolute Gasteiger partial charge is 0.383 e. The molecule has 0 saturated carbocycles. The van der Waals surface area contributed by atoms with Crippen molar-refractivity contribution in [2.24, 2.45) is 0 Å². The molecule has 15 heteroatoms. The Morgan fingerprint density at radius 1 is 1.42 bits per heavy atom. The van der Waals surface area contributed by atoms with E-state index < -0.39 is 52.5 Å². The van der Waals surface area contributed by atoms with E-state index in [1.54, 1.807) is 0 Å². The summed E-state index contributed by atoms with van der Waals surface area (Å²) in [7, 11) is -9.19. The van der Waals surface area contributed by atoms with E-state index in [0.29, 0.717) is 0 Å². The number of phosphoric ester groups is 2. The van der Waals surface area contributed by atoms with E-state index in [1.807, 2.05) is 0 Å². The Kier molecular flexibility index (Phi) is 4.41. The van der Waals surface area contributed by atoms with Gasteiger partial charge in [0.1, 0.15) is 24.1 Å². The highest BCUT2D eigenvalue weighted by Gasteiger charge is 2.58. The maximum absolute atomic E-state index is 11.9. The first-order valence-electron chi connectivity index (χ1n) is 6.45. The van der Waals surface area contributed by atoms with Gasteiger partial charge in [0.05, 0.1) is 6.61 Å². The molecular formula is C9H13N3O10P2. The average molecular weight is 385 g/mol. The monoisotopic (exact) mass is 385 g/mol. The summed E-state index contributed by atoms with van der Waals surface area (Å²) in [6.07, 6.45) is -3.51. The normalized spacial score (nSPS) is 36.0. The zero-order valence-electron chi connectivity index (χ0n) is 11.7. The molecule has 3 heterocycles. The van der Waals surface area contributed by atoms with Crippen LogP contribution in [0.3, 0.4) is 0 Å². The Morgan fingerprint density at radius 3 is 2.71 bits per heavy atom. The second-order valence-electron chi connectivity index (χ2n) is 5.00. The van der Waals surface area contributed by atoms with Crippen molar-refractivity contribution in [1.82, 2.24) is 9.55 Å². The number of aromatic nitrogens is 2. The van der Waals surface area contributed by atoms with Crippen molar-refractivity contribution in [3.63, 3.8) is 0 Å². The molecule has 2 fully saturated rings. The SMILES string of the molecule is Nc1ccn(C2OC(COP(=O)(O)O)C3OP(=O)(O)OC32)c(=O)n1. The van der Waals surface area contributed by atoms with Gasteiger partial charge in [-0.1, -0.05) is 0 Å². The number of fused-ring (bicyclic) bond motifs is 1. The van der Waals surface area contributed by atoms with E-state index >= 15 is 0 Å². The third-order valence-corrected chi connectivity index (χ3v) is 4.83. The van der Waals surface area contributed by atoms with Crippen molar-refractivity contribution in [1.29, 1.82) is 0 Å². The Bertz CT molecular complexity index is 792. The zero-order valence-corrected chi connectivity index (χ0v) is 13.5. The fraction of sp³-hybridized carbons (Fsp3) is 0.556. The first-order chi connectivity index (χ1) is 11.1. The lowest BCUT2D eigenvalue weighted by atomic mass is 10.1. The van der Waals surface area contributed by atoms with Crippen LogP contribution in [0.1, 0.15) is 6.23 Å². The molecule has 2 aliphatic heterocycles. The van der Waals surface area contributed by atoms with Gasteiger partial charge in [0, 0.05) is 6.20 Å². The van der Waals surface area contributed by atoms with Crippen LogP contribution in [0.15, 0.2) is 17.1 Å². The summed E-state index contributed by atoms with van der Waals surface area (Å²) >= 11 is 0. The Hall–Kier alpha value is -1.14. The number of nitrogens with two attached hydrogens (primary N) is 1. The van der Waals surface area contributed by atoms with Crippen molar-refractivity contribution in [2.75, 3.05) is 12.3 Å². The Morgan fingerprint density at radius 2 is 2.08 bits per heavy atom. The van der Waals surface area contributed by atoms with Crippen LogP contribution in [0.4, 0.5) is 5.82 Å². The van der Waals surface area contributed by atoms with Crippen molar-refractivity contribution in [2.45, 2.75) is 24.5 Å². The van der Waals surface area contributed by atoms with Gasteiger partial charge in [-0.25, -0.2) is 13.9 Å². The Balaban J connectivity index is 1.89. The van der Waals surface area contributed by atoms with Crippen LogP contribution in [0, 0.1) is 0 Å². The van der Waals surface area contributed by atoms with Gasteiger partial charge >= 0.3 is 21.3 Å². The van der Waals surface area contributed by atoms with Gasteiger partial charge < -0.3 is 25.2 Å². The van der Waals surface area contributed by atoms with Crippen LogP contribution in [-0.4, -0.2) is 49.2 Å². The number of phosphoric acid groups is 2. The van der Waals surface area contributed by atoms with Gasteiger partial charge in [-0.15, -0.1) is 0 Å². The topological polar surface area (TPSA) is 193 Å². The maximum atomic E-state index is 11.9. The average Bonchev–Trinajstić information content (AvgIpc) is 2.90. The van der Waals surface area contributed by atoms with Crippen molar-refractivity contribution >= 4 is 21.5 Å². The molecule has 0 spiro atoms. The molecular weight excluding hydrogens is 372 g/mol. The molecule has 5 unspecified atom stereocenters. The summed E-state index contributed by atoms with van der Waals surface area (Å²) < 4.78 is 42.9. The summed E-state index contributed by atoms with van der Waals surface area (Å²) in [6, 6.07) is 1.30. The zero-order chi connectivity index (χ0) is 17.7. The summed E-state index contributed by atoms with van der Waals surface area (Å²) in [5, 5.41) is 0. The van der Waals surface area contributed by atoms with Crippen LogP contribution in [0.25, 0.3) is 0 Å². The van der Waals surface area contributed by atoms with Crippen molar-refractivity contribution in [3.8, 4) is 0 Å². The molecule has 1 aromatic rings. The molecule has 2 saturated heterocycles. The van der Waals surface area contributed by atoms with Crippen LogP contribution in [0.2, 0.25) is 0 Å². The van der Waals surface area contributed by atoms with Crippen LogP contribution in [0.5, 0.6) is 0 Å². The lowest BCUT2D eigenvalue weighted by Crippen LogP contribution is -2.34. The van der Waals surface area contributed by atoms with E-state index in [4.69, 9.17) is 29.3 Å². The molecule has 0 bridgehead atoms. The molecule has 5 N–H and O–H groups in total. The van der Waals surface area contributed by atoms with Crippen LogP contribution < -0.4 is 11.4 Å². The number of ether oxygens (including phenoxy) is 1. The fourth-order valence-corrected chi connectivity index (χ4v) is 3.91. The van der Waals surface area contributed by atoms with E-state index in [0.717, 1.165) is 4.57 Å². The molecule has 13 nitrogen and oxygen atoms in total. The Labute approximate surface area is 133 Å². The number of nitrogen functional groups attached to an aromatic ring is 1. The predicted octanol–water partition coefficient (Wildman–Crippen LogP) is -1.28. The van der Waals surface area contributed by atoms with Gasteiger partial charge in [0.2, 0.25) is 0 Å². The highest BCUT2D eigenvalue weighted by Crippen LogP contribution is 2.58. The third kappa shape index (κ3) is 3.59. The molecule has 0 radical (unpaired) electrons. The van der Waals surface area contributed by atoms with Crippen LogP contribution in [-0.2, 0) is 27.4 Å². The molecule has 134 valence electrons. The second-order valence-corrected chi connectivity index (χ2v) is 7.60. The molecule has 5 atom stereocenters. The van der Waals surface area contributed by atoms with Gasteiger partial charge in [0.25, 0.3) is 0 Å². The number of hydrogen-bond donors (Lipinski definition) is 4. The summed E-state index contributed by atoms with van der Waals surface area (Å²) in [4.78, 5) is 42.4. The summed E-state index contributed by atoms with van der Waals surface area (Å²) in [5.74, 6) is -0.0383. The molecule has 0 aliphatic carbocycles. The predicted molar refractivity (Wildman–Crippen MR) is 74.4 cm³/mol. The highest BCUT2D eigenvalue weighted by atomic mass is 31.2. The van der Waals surface area contributed by atoms with Gasteiger partial charge in [-0.05, 0) is 6.07 Å².